The van der Waals surface area contributed by atoms with Crippen LogP contribution in [-0.4, -0.2) is 9.55 Å². The molecule has 0 bridgehead atoms. The molecule has 0 aromatic carbocycles. The average molecular weight is 132 g/mol. The standard InChI is InChI=1S/C4H6ClN3/c1-8-3(6)2-7-4(8)5/h2H,6H2,1H3. The summed E-state index contributed by atoms with van der Waals surface area (Å²) in [6, 6.07) is 0. The van der Waals surface area contributed by atoms with E-state index in [1.807, 2.05) is 0 Å². The maximum absolute atomic E-state index is 5.50. The number of rotatable bonds is 0. The summed E-state index contributed by atoms with van der Waals surface area (Å²) in [5, 5.41) is 0.419. The second kappa shape index (κ2) is 1.67. The predicted octanol–water partition coefficient (Wildman–Crippen LogP) is 0.656. The Balaban J connectivity index is 3.19. The Morgan fingerprint density at radius 3 is 2.62 bits per heavy atom. The van der Waals surface area contributed by atoms with Crippen molar-refractivity contribution in [1.29, 1.82) is 0 Å². The van der Waals surface area contributed by atoms with Crippen molar-refractivity contribution in [2.75, 3.05) is 5.73 Å². The molecular formula is C4H6ClN3. The largest absolute Gasteiger partial charge is 0.384 e. The summed E-state index contributed by atoms with van der Waals surface area (Å²) in [6.45, 7) is 0. The molecule has 8 heavy (non-hydrogen) atoms. The van der Waals surface area contributed by atoms with E-state index in [0.717, 1.165) is 0 Å². The molecule has 3 nitrogen and oxygen atoms in total. The van der Waals surface area contributed by atoms with Crippen molar-refractivity contribution in [2.24, 2.45) is 7.05 Å². The molecule has 0 aliphatic carbocycles. The van der Waals surface area contributed by atoms with E-state index in [2.05, 4.69) is 4.98 Å². The molecule has 4 heteroatoms. The van der Waals surface area contributed by atoms with E-state index in [0.29, 0.717) is 11.1 Å². The lowest BCUT2D eigenvalue weighted by molar-refractivity contribution is 0.926. The molecule has 0 unspecified atom stereocenters. The normalized spacial score (nSPS) is 9.75. The number of imidazole rings is 1. The van der Waals surface area contributed by atoms with E-state index in [-0.39, 0.29) is 0 Å². The Kier molecular flexibility index (Phi) is 1.13. The van der Waals surface area contributed by atoms with Crippen molar-refractivity contribution in [1.82, 2.24) is 9.55 Å². The van der Waals surface area contributed by atoms with Gasteiger partial charge in [0.2, 0.25) is 5.28 Å². The van der Waals surface area contributed by atoms with Crippen LogP contribution in [0.15, 0.2) is 6.20 Å². The van der Waals surface area contributed by atoms with Crippen molar-refractivity contribution in [2.45, 2.75) is 0 Å². The smallest absolute Gasteiger partial charge is 0.204 e. The lowest BCUT2D eigenvalue weighted by Crippen LogP contribution is -1.94. The Labute approximate surface area is 52.1 Å². The van der Waals surface area contributed by atoms with E-state index >= 15 is 0 Å². The van der Waals surface area contributed by atoms with Crippen LogP contribution in [0.2, 0.25) is 5.28 Å². The fourth-order valence-corrected chi connectivity index (χ4v) is 0.546. The van der Waals surface area contributed by atoms with Crippen LogP contribution in [0.4, 0.5) is 5.82 Å². The van der Waals surface area contributed by atoms with E-state index < -0.39 is 0 Å². The zero-order valence-electron chi connectivity index (χ0n) is 4.43. The Bertz CT molecular complexity index is 174. The molecule has 1 heterocycles. The minimum Gasteiger partial charge on any atom is -0.384 e. The number of hydrogen-bond acceptors (Lipinski definition) is 2. The van der Waals surface area contributed by atoms with Crippen molar-refractivity contribution in [3.8, 4) is 0 Å². The van der Waals surface area contributed by atoms with Gasteiger partial charge in [0, 0.05) is 7.05 Å². The van der Waals surface area contributed by atoms with Gasteiger partial charge in [-0.25, -0.2) is 4.98 Å². The molecule has 0 saturated carbocycles. The third-order valence-corrected chi connectivity index (χ3v) is 1.32. The Morgan fingerprint density at radius 2 is 2.50 bits per heavy atom. The van der Waals surface area contributed by atoms with Crippen LogP contribution in [0.1, 0.15) is 0 Å². The number of nitrogen functional groups attached to an aromatic ring is 1. The quantitative estimate of drug-likeness (QED) is 0.562. The maximum atomic E-state index is 5.50. The van der Waals surface area contributed by atoms with Gasteiger partial charge in [0.1, 0.15) is 5.82 Å². The number of aromatic nitrogens is 2. The number of anilines is 1. The summed E-state index contributed by atoms with van der Waals surface area (Å²) in [5.41, 5.74) is 5.36. The van der Waals surface area contributed by atoms with Crippen LogP contribution in [0.3, 0.4) is 0 Å². The monoisotopic (exact) mass is 131 g/mol. The predicted molar refractivity (Wildman–Crippen MR) is 32.6 cm³/mol. The third kappa shape index (κ3) is 0.648. The van der Waals surface area contributed by atoms with Gasteiger partial charge in [0.05, 0.1) is 6.20 Å². The van der Waals surface area contributed by atoms with Gasteiger partial charge in [-0.05, 0) is 11.6 Å². The summed E-state index contributed by atoms with van der Waals surface area (Å²) in [5.74, 6) is 0.579. The molecule has 0 amide bonds. The molecule has 1 aromatic heterocycles. The minimum atomic E-state index is 0.419. The molecule has 44 valence electrons. The number of hydrogen-bond donors (Lipinski definition) is 1. The lowest BCUT2D eigenvalue weighted by atomic mass is 10.8. The molecule has 1 rings (SSSR count). The van der Waals surface area contributed by atoms with Crippen LogP contribution in [-0.2, 0) is 7.05 Å². The molecule has 0 fully saturated rings. The molecular weight excluding hydrogens is 126 g/mol. The highest BCUT2D eigenvalue weighted by molar-refractivity contribution is 6.28. The minimum absolute atomic E-state index is 0.419. The van der Waals surface area contributed by atoms with Gasteiger partial charge < -0.3 is 10.3 Å². The fourth-order valence-electron chi connectivity index (χ4n) is 0.399. The zero-order chi connectivity index (χ0) is 6.15. The molecule has 0 aliphatic heterocycles. The zero-order valence-corrected chi connectivity index (χ0v) is 5.18. The maximum Gasteiger partial charge on any atom is 0.204 e. The van der Waals surface area contributed by atoms with Crippen LogP contribution in [0.5, 0.6) is 0 Å². The summed E-state index contributed by atoms with van der Waals surface area (Å²) in [7, 11) is 1.75. The SMILES string of the molecule is Cn1c(N)cnc1Cl. The van der Waals surface area contributed by atoms with Gasteiger partial charge >= 0.3 is 0 Å². The fraction of sp³-hybridized carbons (Fsp3) is 0.250. The molecule has 1 aromatic rings. The summed E-state index contributed by atoms with van der Waals surface area (Å²) in [6.07, 6.45) is 1.52. The average Bonchev–Trinajstić information content (AvgIpc) is 1.98. The van der Waals surface area contributed by atoms with Crippen LogP contribution < -0.4 is 5.73 Å². The topological polar surface area (TPSA) is 43.8 Å². The summed E-state index contributed by atoms with van der Waals surface area (Å²) in [4.78, 5) is 3.72. The van der Waals surface area contributed by atoms with Crippen molar-refractivity contribution in [3.63, 3.8) is 0 Å². The second-order valence-electron chi connectivity index (χ2n) is 1.51. The first-order chi connectivity index (χ1) is 3.72. The molecule has 0 atom stereocenters. The van der Waals surface area contributed by atoms with Crippen LogP contribution >= 0.6 is 11.6 Å². The van der Waals surface area contributed by atoms with E-state index in [4.69, 9.17) is 17.3 Å². The van der Waals surface area contributed by atoms with Crippen LogP contribution in [0.25, 0.3) is 0 Å². The molecule has 0 aliphatic rings. The molecule has 0 radical (unpaired) electrons. The molecule has 0 saturated heterocycles. The van der Waals surface area contributed by atoms with Gasteiger partial charge in [-0.1, -0.05) is 0 Å². The summed E-state index contributed by atoms with van der Waals surface area (Å²) >= 11 is 5.50. The first-order valence-corrected chi connectivity index (χ1v) is 2.52. The van der Waals surface area contributed by atoms with Gasteiger partial charge in [-0.3, -0.25) is 0 Å². The van der Waals surface area contributed by atoms with Gasteiger partial charge in [0.15, 0.2) is 0 Å². The Hall–Kier alpha value is -0.700. The first kappa shape index (κ1) is 5.44. The number of halogens is 1. The van der Waals surface area contributed by atoms with E-state index in [1.165, 1.54) is 6.20 Å². The number of nitrogens with zero attached hydrogens (tertiary/aromatic N) is 2. The highest BCUT2D eigenvalue weighted by atomic mass is 35.5. The van der Waals surface area contributed by atoms with Gasteiger partial charge in [-0.2, -0.15) is 0 Å². The van der Waals surface area contributed by atoms with Crippen LogP contribution in [0, 0.1) is 0 Å². The summed E-state index contributed by atoms with van der Waals surface area (Å²) < 4.78 is 1.60. The molecule has 2 N–H and O–H groups in total. The van der Waals surface area contributed by atoms with Gasteiger partial charge in [-0.15, -0.1) is 0 Å². The highest BCUT2D eigenvalue weighted by Gasteiger charge is 1.96. The highest BCUT2D eigenvalue weighted by Crippen LogP contribution is 2.08. The van der Waals surface area contributed by atoms with Crippen molar-refractivity contribution in [3.05, 3.63) is 11.5 Å². The first-order valence-electron chi connectivity index (χ1n) is 2.14. The Morgan fingerprint density at radius 1 is 1.88 bits per heavy atom. The van der Waals surface area contributed by atoms with E-state index in [9.17, 15) is 0 Å². The number of nitrogens with two attached hydrogens (primary N) is 1. The second-order valence-corrected chi connectivity index (χ2v) is 1.85. The van der Waals surface area contributed by atoms with E-state index in [1.54, 1.807) is 11.6 Å². The van der Waals surface area contributed by atoms with Crippen molar-refractivity contribution >= 4 is 17.4 Å². The molecule has 0 spiro atoms. The van der Waals surface area contributed by atoms with Crippen molar-refractivity contribution < 1.29 is 0 Å². The third-order valence-electron chi connectivity index (χ3n) is 0.967. The van der Waals surface area contributed by atoms with Gasteiger partial charge in [0.25, 0.3) is 0 Å². The lowest BCUT2D eigenvalue weighted by Gasteiger charge is -1.91.